The van der Waals surface area contributed by atoms with Crippen molar-refractivity contribution >= 4 is 0 Å². The van der Waals surface area contributed by atoms with Crippen molar-refractivity contribution in [2.45, 2.75) is 0 Å². The van der Waals surface area contributed by atoms with Gasteiger partial charge in [-0.05, 0) is 46.5 Å². The SMILES string of the molecule is Oc1ccccc1-c1cc(-c2ccc(-c3ccccc3)cc2)cc(-c2[c-]c(-c3ccccn3)ccc2)n1.[Pt]. The summed E-state index contributed by atoms with van der Waals surface area (Å²) in [6, 6.07) is 45.6. The van der Waals surface area contributed by atoms with Gasteiger partial charge in [-0.15, -0.1) is 24.3 Å². The number of para-hydroxylation sites is 1. The molecule has 4 heteroatoms. The van der Waals surface area contributed by atoms with Gasteiger partial charge in [0, 0.05) is 44.2 Å². The van der Waals surface area contributed by atoms with Crippen molar-refractivity contribution < 1.29 is 26.2 Å². The summed E-state index contributed by atoms with van der Waals surface area (Å²) in [5.41, 5.74) is 9.22. The number of hydrogen-bond donors (Lipinski definition) is 1. The molecule has 186 valence electrons. The molecule has 0 aliphatic rings. The van der Waals surface area contributed by atoms with Crippen LogP contribution >= 0.6 is 0 Å². The zero-order valence-corrected chi connectivity index (χ0v) is 22.6. The van der Waals surface area contributed by atoms with Gasteiger partial charge in [0.25, 0.3) is 0 Å². The van der Waals surface area contributed by atoms with Crippen LogP contribution in [-0.4, -0.2) is 15.1 Å². The van der Waals surface area contributed by atoms with Crippen LogP contribution in [0.15, 0.2) is 134 Å². The van der Waals surface area contributed by atoms with Crippen LogP contribution in [0.5, 0.6) is 5.75 Å². The largest absolute Gasteiger partial charge is 0.507 e. The van der Waals surface area contributed by atoms with Crippen molar-refractivity contribution in [2.24, 2.45) is 0 Å². The zero-order chi connectivity index (χ0) is 25.0. The molecule has 0 fully saturated rings. The van der Waals surface area contributed by atoms with Crippen molar-refractivity contribution in [1.29, 1.82) is 0 Å². The molecular formula is C34H23N2OPt-. The summed E-state index contributed by atoms with van der Waals surface area (Å²) < 4.78 is 0. The standard InChI is InChI=1S/C34H23N2O.Pt/c37-34-15-5-4-13-30(34)33-23-29(26-18-16-25(17-19-26)24-9-2-1-3-10-24)22-32(36-33)28-12-8-11-27(21-28)31-14-6-7-20-35-31;/h1-20,22-23,37H;/q-1;. The Balaban J connectivity index is 0.00000294. The maximum atomic E-state index is 10.6. The van der Waals surface area contributed by atoms with Gasteiger partial charge >= 0.3 is 0 Å². The summed E-state index contributed by atoms with van der Waals surface area (Å²) in [5.74, 6) is 0.198. The first-order valence-electron chi connectivity index (χ1n) is 12.1. The average molecular weight is 671 g/mol. The molecule has 6 aromatic rings. The smallest absolute Gasteiger partial charge is 0.124 e. The van der Waals surface area contributed by atoms with Gasteiger partial charge in [-0.3, -0.25) is 9.97 Å². The number of aromatic hydroxyl groups is 1. The van der Waals surface area contributed by atoms with E-state index in [9.17, 15) is 5.11 Å². The third kappa shape index (κ3) is 5.34. The van der Waals surface area contributed by atoms with Crippen LogP contribution in [0.3, 0.4) is 0 Å². The summed E-state index contributed by atoms with van der Waals surface area (Å²) in [6.45, 7) is 0. The quantitative estimate of drug-likeness (QED) is 0.188. The Labute approximate surface area is 236 Å². The van der Waals surface area contributed by atoms with Gasteiger partial charge in [0.05, 0.1) is 5.69 Å². The average Bonchev–Trinajstić information content (AvgIpc) is 2.98. The van der Waals surface area contributed by atoms with Crippen LogP contribution in [0.4, 0.5) is 0 Å². The van der Waals surface area contributed by atoms with Gasteiger partial charge in [-0.1, -0.05) is 96.1 Å². The van der Waals surface area contributed by atoms with Gasteiger partial charge < -0.3 is 5.11 Å². The van der Waals surface area contributed by atoms with E-state index >= 15 is 0 Å². The van der Waals surface area contributed by atoms with E-state index in [1.54, 1.807) is 12.3 Å². The summed E-state index contributed by atoms with van der Waals surface area (Å²) >= 11 is 0. The van der Waals surface area contributed by atoms with Gasteiger partial charge in [0.2, 0.25) is 0 Å². The monoisotopic (exact) mass is 670 g/mol. The molecule has 0 aliphatic heterocycles. The molecule has 2 heterocycles. The number of rotatable bonds is 5. The molecule has 0 bridgehead atoms. The molecule has 2 aromatic heterocycles. The number of pyridine rings is 2. The fourth-order valence-corrected chi connectivity index (χ4v) is 4.44. The second kappa shape index (κ2) is 11.4. The second-order valence-electron chi connectivity index (χ2n) is 8.78. The Kier molecular flexibility index (Phi) is 7.58. The Morgan fingerprint density at radius 1 is 0.500 bits per heavy atom. The van der Waals surface area contributed by atoms with Gasteiger partial charge in [-0.25, -0.2) is 0 Å². The van der Waals surface area contributed by atoms with E-state index in [0.29, 0.717) is 11.3 Å². The molecule has 0 unspecified atom stereocenters. The molecule has 38 heavy (non-hydrogen) atoms. The first-order chi connectivity index (χ1) is 18.2. The number of aromatic nitrogens is 2. The van der Waals surface area contributed by atoms with E-state index in [0.717, 1.165) is 39.2 Å². The Hall–Kier alpha value is -4.33. The molecule has 6 rings (SSSR count). The first-order valence-corrected chi connectivity index (χ1v) is 12.1. The van der Waals surface area contributed by atoms with E-state index in [1.807, 2.05) is 78.9 Å². The van der Waals surface area contributed by atoms with Crippen LogP contribution in [0, 0.1) is 6.07 Å². The minimum Gasteiger partial charge on any atom is -0.507 e. The normalized spacial score (nSPS) is 10.5. The minimum atomic E-state index is 0. The molecule has 3 nitrogen and oxygen atoms in total. The first kappa shape index (κ1) is 25.3. The number of nitrogens with zero attached hydrogens (tertiary/aromatic N) is 2. The predicted molar refractivity (Wildman–Crippen MR) is 150 cm³/mol. The van der Waals surface area contributed by atoms with Crippen molar-refractivity contribution in [2.75, 3.05) is 0 Å². The Morgan fingerprint density at radius 2 is 1.11 bits per heavy atom. The van der Waals surface area contributed by atoms with Gasteiger partial charge in [-0.2, -0.15) is 0 Å². The summed E-state index contributed by atoms with van der Waals surface area (Å²) in [4.78, 5) is 9.42. The van der Waals surface area contributed by atoms with Gasteiger partial charge in [0.15, 0.2) is 0 Å². The summed E-state index contributed by atoms with van der Waals surface area (Å²) in [5, 5.41) is 10.6. The fourth-order valence-electron chi connectivity index (χ4n) is 4.44. The number of phenols is 1. The van der Waals surface area contributed by atoms with Crippen LogP contribution in [0.1, 0.15) is 0 Å². The molecular weight excluding hydrogens is 647 g/mol. The van der Waals surface area contributed by atoms with Crippen LogP contribution < -0.4 is 0 Å². The van der Waals surface area contributed by atoms with Crippen LogP contribution in [-0.2, 0) is 21.1 Å². The third-order valence-corrected chi connectivity index (χ3v) is 6.34. The minimum absolute atomic E-state index is 0. The number of phenolic OH excluding ortho intramolecular Hbond substituents is 1. The van der Waals surface area contributed by atoms with E-state index in [-0.39, 0.29) is 26.8 Å². The molecule has 0 radical (unpaired) electrons. The molecule has 1 N–H and O–H groups in total. The molecule has 0 aliphatic carbocycles. The van der Waals surface area contributed by atoms with E-state index in [4.69, 9.17) is 4.98 Å². The molecule has 0 atom stereocenters. The number of hydrogen-bond acceptors (Lipinski definition) is 3. The molecule has 0 amide bonds. The maximum Gasteiger partial charge on any atom is 0.124 e. The molecule has 0 saturated carbocycles. The summed E-state index contributed by atoms with van der Waals surface area (Å²) in [7, 11) is 0. The second-order valence-corrected chi connectivity index (χ2v) is 8.78. The van der Waals surface area contributed by atoms with Gasteiger partial charge in [0.1, 0.15) is 5.75 Å². The molecule has 0 spiro atoms. The van der Waals surface area contributed by atoms with Crippen molar-refractivity contribution in [3.63, 3.8) is 0 Å². The maximum absolute atomic E-state index is 10.6. The summed E-state index contributed by atoms with van der Waals surface area (Å²) in [6.07, 6.45) is 1.78. The number of benzene rings is 4. The predicted octanol–water partition coefficient (Wildman–Crippen LogP) is 8.31. The molecule has 4 aromatic carbocycles. The topological polar surface area (TPSA) is 46.0 Å². The Morgan fingerprint density at radius 3 is 1.82 bits per heavy atom. The third-order valence-electron chi connectivity index (χ3n) is 6.34. The van der Waals surface area contributed by atoms with Crippen LogP contribution in [0.25, 0.3) is 56.0 Å². The van der Waals surface area contributed by atoms with Crippen LogP contribution in [0.2, 0.25) is 0 Å². The molecule has 0 saturated heterocycles. The van der Waals surface area contributed by atoms with Crippen molar-refractivity contribution in [1.82, 2.24) is 9.97 Å². The Bertz CT molecular complexity index is 1670. The van der Waals surface area contributed by atoms with E-state index < -0.39 is 0 Å². The fraction of sp³-hybridized carbons (Fsp3) is 0. The van der Waals surface area contributed by atoms with E-state index in [1.165, 1.54) is 5.56 Å². The van der Waals surface area contributed by atoms with Crippen molar-refractivity contribution in [3.05, 3.63) is 140 Å². The van der Waals surface area contributed by atoms with Crippen molar-refractivity contribution in [3.8, 4) is 61.8 Å². The van der Waals surface area contributed by atoms with E-state index in [2.05, 4.69) is 53.5 Å². The zero-order valence-electron chi connectivity index (χ0n) is 20.4.